The highest BCUT2D eigenvalue weighted by molar-refractivity contribution is 7.90. The fraction of sp³-hybridized carbons (Fsp3) is 0.667. The normalized spacial score (nSPS) is 25.7. The smallest absolute Gasteiger partial charge is 0.281 e. The molecule has 2 saturated carbocycles. The van der Waals surface area contributed by atoms with E-state index in [4.69, 9.17) is 4.98 Å². The molecule has 2 aliphatic heterocycles. The van der Waals surface area contributed by atoms with Gasteiger partial charge in [0.05, 0.1) is 5.56 Å². The molecule has 9 heteroatoms. The first-order chi connectivity index (χ1) is 19.8. The van der Waals surface area contributed by atoms with Crippen LogP contribution in [0.1, 0.15) is 108 Å². The standard InChI is InChI=1S/C33H47N5O3S/c1-32(2,3)27-18-17-26-30(35-27)38-20-21(19-33(38,4)5)9-14-24(15-16-25(22-10-11-22)23-12-13-23)34-28-7-6-8-29(36-28)42(40,41)37-31(26)39/h6-8,17-18,21-25H,9-16,19-20H2,1-5H3,(H,34,36)(H,37,39)/t21-,24?/m0/s1. The number of hydrogen-bond donors (Lipinski definition) is 2. The summed E-state index contributed by atoms with van der Waals surface area (Å²) in [6.07, 6.45) is 10.8. The molecule has 0 aromatic carbocycles. The Kier molecular flexibility index (Phi) is 7.55. The van der Waals surface area contributed by atoms with E-state index in [1.54, 1.807) is 12.1 Å². The zero-order valence-corrected chi connectivity index (χ0v) is 26.6. The van der Waals surface area contributed by atoms with Crippen molar-refractivity contribution in [3.8, 4) is 0 Å². The molecule has 0 spiro atoms. The lowest BCUT2D eigenvalue weighted by Gasteiger charge is -2.34. The van der Waals surface area contributed by atoms with Gasteiger partial charge in [-0.05, 0) is 120 Å². The molecule has 2 N–H and O–H groups in total. The van der Waals surface area contributed by atoms with Gasteiger partial charge in [0.15, 0.2) is 5.03 Å². The number of amides is 1. The molecular weight excluding hydrogens is 546 g/mol. The molecule has 2 aromatic heterocycles. The van der Waals surface area contributed by atoms with Crippen LogP contribution in [0.15, 0.2) is 35.4 Å². The quantitative estimate of drug-likeness (QED) is 0.420. The van der Waals surface area contributed by atoms with Gasteiger partial charge in [0.25, 0.3) is 15.9 Å². The average Bonchev–Trinajstić information content (AvgIpc) is 3.84. The van der Waals surface area contributed by atoms with Gasteiger partial charge < -0.3 is 10.2 Å². The van der Waals surface area contributed by atoms with Gasteiger partial charge in [0, 0.05) is 29.2 Å². The third-order valence-electron chi connectivity index (χ3n) is 9.91. The average molecular weight is 594 g/mol. The van der Waals surface area contributed by atoms with Crippen molar-refractivity contribution in [2.75, 3.05) is 16.8 Å². The van der Waals surface area contributed by atoms with Crippen molar-refractivity contribution in [2.24, 2.45) is 23.7 Å². The fourth-order valence-electron chi connectivity index (χ4n) is 7.31. The minimum absolute atomic E-state index is 0.161. The van der Waals surface area contributed by atoms with Crippen LogP contribution in [0, 0.1) is 23.7 Å². The molecule has 4 heterocycles. The van der Waals surface area contributed by atoms with Gasteiger partial charge in [-0.3, -0.25) is 4.79 Å². The van der Waals surface area contributed by atoms with Crippen molar-refractivity contribution in [1.29, 1.82) is 0 Å². The summed E-state index contributed by atoms with van der Waals surface area (Å²) in [6.45, 7) is 11.5. The Labute approximate surface area is 251 Å². The second kappa shape index (κ2) is 10.8. The van der Waals surface area contributed by atoms with Crippen molar-refractivity contribution >= 4 is 27.6 Å². The summed E-state index contributed by atoms with van der Waals surface area (Å²) < 4.78 is 29.2. The topological polar surface area (TPSA) is 104 Å². The Morgan fingerprint density at radius 2 is 1.71 bits per heavy atom. The van der Waals surface area contributed by atoms with Crippen molar-refractivity contribution in [3.05, 3.63) is 41.6 Å². The summed E-state index contributed by atoms with van der Waals surface area (Å²) in [5, 5.41) is 3.46. The molecule has 2 aromatic rings. The third-order valence-corrected chi connectivity index (χ3v) is 11.1. The summed E-state index contributed by atoms with van der Waals surface area (Å²) in [5.74, 6) is 3.51. The molecule has 228 valence electrons. The molecule has 1 saturated heterocycles. The third kappa shape index (κ3) is 6.31. The summed E-state index contributed by atoms with van der Waals surface area (Å²) in [5.41, 5.74) is 0.693. The van der Waals surface area contributed by atoms with Gasteiger partial charge in [-0.15, -0.1) is 0 Å². The van der Waals surface area contributed by atoms with E-state index in [-0.39, 0.29) is 27.6 Å². The van der Waals surface area contributed by atoms with E-state index < -0.39 is 15.9 Å². The number of anilines is 2. The van der Waals surface area contributed by atoms with Gasteiger partial charge in [0.1, 0.15) is 11.6 Å². The lowest BCUT2D eigenvalue weighted by molar-refractivity contribution is 0.0981. The van der Waals surface area contributed by atoms with Gasteiger partial charge in [-0.1, -0.05) is 26.8 Å². The SMILES string of the molecule is CC(C)(C)c1ccc2c(n1)N1C[C@@H](CCC(CCC(C3CC3)C3CC3)Nc3cccc(n3)S(=O)(=O)NC2=O)CC1(C)C. The number of carbonyl (C=O) groups is 1. The van der Waals surface area contributed by atoms with Crippen molar-refractivity contribution in [2.45, 2.75) is 114 Å². The Balaban J connectivity index is 1.35. The van der Waals surface area contributed by atoms with Crippen LogP contribution in [0.3, 0.4) is 0 Å². The fourth-order valence-corrected chi connectivity index (χ4v) is 8.24. The maximum atomic E-state index is 13.6. The summed E-state index contributed by atoms with van der Waals surface area (Å²) >= 11 is 0. The zero-order chi connectivity index (χ0) is 29.9. The molecule has 1 unspecified atom stereocenters. The maximum absolute atomic E-state index is 13.6. The summed E-state index contributed by atoms with van der Waals surface area (Å²) in [7, 11) is -4.20. The number of nitrogens with zero attached hydrogens (tertiary/aromatic N) is 3. The predicted octanol–water partition coefficient (Wildman–Crippen LogP) is 6.29. The molecule has 6 rings (SSSR count). The number of aromatic nitrogens is 2. The van der Waals surface area contributed by atoms with Crippen LogP contribution >= 0.6 is 0 Å². The number of rotatable bonds is 5. The minimum atomic E-state index is -4.20. The van der Waals surface area contributed by atoms with Gasteiger partial charge in [-0.25, -0.2) is 14.7 Å². The van der Waals surface area contributed by atoms with E-state index in [9.17, 15) is 13.2 Å². The molecular formula is C33H47N5O3S. The first-order valence-electron chi connectivity index (χ1n) is 15.9. The highest BCUT2D eigenvalue weighted by Gasteiger charge is 2.43. The largest absolute Gasteiger partial charge is 0.367 e. The van der Waals surface area contributed by atoms with Crippen LogP contribution in [-0.4, -0.2) is 42.4 Å². The van der Waals surface area contributed by atoms with Crippen LogP contribution in [-0.2, 0) is 15.4 Å². The van der Waals surface area contributed by atoms with Gasteiger partial charge in [0.2, 0.25) is 0 Å². The monoisotopic (exact) mass is 593 g/mol. The van der Waals surface area contributed by atoms with Gasteiger partial charge in [-0.2, -0.15) is 8.42 Å². The Morgan fingerprint density at radius 3 is 2.38 bits per heavy atom. The maximum Gasteiger partial charge on any atom is 0.281 e. The number of pyridine rings is 2. The summed E-state index contributed by atoms with van der Waals surface area (Å²) in [4.78, 5) is 25.4. The van der Waals surface area contributed by atoms with E-state index in [0.29, 0.717) is 17.6 Å². The molecule has 0 radical (unpaired) electrons. The highest BCUT2D eigenvalue weighted by atomic mass is 32.2. The second-order valence-electron chi connectivity index (χ2n) is 14.9. The predicted molar refractivity (Wildman–Crippen MR) is 166 cm³/mol. The van der Waals surface area contributed by atoms with Crippen LogP contribution in [0.25, 0.3) is 0 Å². The minimum Gasteiger partial charge on any atom is -0.367 e. The van der Waals surface area contributed by atoms with E-state index in [0.717, 1.165) is 55.7 Å². The Morgan fingerprint density at radius 1 is 1.00 bits per heavy atom. The summed E-state index contributed by atoms with van der Waals surface area (Å²) in [6, 6.07) is 8.75. The molecule has 1 amide bonds. The van der Waals surface area contributed by atoms with E-state index in [1.807, 2.05) is 12.1 Å². The van der Waals surface area contributed by atoms with Crippen molar-refractivity contribution in [1.82, 2.24) is 14.7 Å². The van der Waals surface area contributed by atoms with Crippen LogP contribution in [0.5, 0.6) is 0 Å². The number of carbonyl (C=O) groups excluding carboxylic acids is 1. The first kappa shape index (κ1) is 29.4. The molecule has 3 fully saturated rings. The molecule has 8 nitrogen and oxygen atoms in total. The zero-order valence-electron chi connectivity index (χ0n) is 25.8. The number of sulfonamides is 1. The Bertz CT molecular complexity index is 1430. The Hall–Kier alpha value is -2.68. The number of hydrogen-bond acceptors (Lipinski definition) is 7. The molecule has 42 heavy (non-hydrogen) atoms. The van der Waals surface area contributed by atoms with Gasteiger partial charge >= 0.3 is 0 Å². The van der Waals surface area contributed by atoms with E-state index in [1.165, 1.54) is 38.2 Å². The molecule has 4 bridgehead atoms. The van der Waals surface area contributed by atoms with Crippen LogP contribution < -0.4 is 14.9 Å². The van der Waals surface area contributed by atoms with E-state index in [2.05, 4.69) is 54.5 Å². The van der Waals surface area contributed by atoms with Crippen LogP contribution in [0.4, 0.5) is 11.6 Å². The first-order valence-corrected chi connectivity index (χ1v) is 17.4. The van der Waals surface area contributed by atoms with Crippen LogP contribution in [0.2, 0.25) is 0 Å². The lowest BCUT2D eigenvalue weighted by atomic mass is 9.87. The molecule has 2 atom stereocenters. The van der Waals surface area contributed by atoms with Crippen molar-refractivity contribution < 1.29 is 13.2 Å². The second-order valence-corrected chi connectivity index (χ2v) is 16.6. The number of fused-ring (bicyclic) bond motifs is 6. The molecule has 2 aliphatic carbocycles. The van der Waals surface area contributed by atoms with Crippen molar-refractivity contribution in [3.63, 3.8) is 0 Å². The highest BCUT2D eigenvalue weighted by Crippen LogP contribution is 2.51. The lowest BCUT2D eigenvalue weighted by Crippen LogP contribution is -2.41. The molecule has 4 aliphatic rings. The van der Waals surface area contributed by atoms with E-state index >= 15 is 0 Å². The number of nitrogens with one attached hydrogen (secondary N) is 2.